The Morgan fingerprint density at radius 2 is 2.06 bits per heavy atom. The van der Waals surface area contributed by atoms with Crippen LogP contribution in [0.15, 0.2) is 0 Å². The predicted octanol–water partition coefficient (Wildman–Crippen LogP) is 1.90. The van der Waals surface area contributed by atoms with Crippen molar-refractivity contribution >= 4 is 35.3 Å². The van der Waals surface area contributed by atoms with Gasteiger partial charge in [-0.05, 0) is 30.7 Å². The average molecular weight is 274 g/mol. The molecule has 7 heteroatoms. The van der Waals surface area contributed by atoms with Gasteiger partial charge in [-0.15, -0.1) is 0 Å². The highest BCUT2D eigenvalue weighted by atomic mass is 35.5. The number of hydrogen-bond donors (Lipinski definition) is 1. The number of rotatable bonds is 5. The lowest BCUT2D eigenvalue weighted by Gasteiger charge is -2.15. The highest BCUT2D eigenvalue weighted by Crippen LogP contribution is 2.46. The van der Waals surface area contributed by atoms with E-state index in [9.17, 15) is 0 Å². The Morgan fingerprint density at radius 1 is 1.35 bits per heavy atom. The SMILES string of the molecule is CSC1(CNc2nc(Cl)nc(N(C)C)n2)CC1. The molecule has 5 nitrogen and oxygen atoms in total. The fourth-order valence-corrected chi connectivity index (χ4v) is 2.33. The maximum absolute atomic E-state index is 5.86. The summed E-state index contributed by atoms with van der Waals surface area (Å²) in [6.45, 7) is 0.876. The number of thioether (sulfide) groups is 1. The summed E-state index contributed by atoms with van der Waals surface area (Å²) < 4.78 is 0.372. The van der Waals surface area contributed by atoms with Crippen LogP contribution < -0.4 is 10.2 Å². The number of nitrogens with one attached hydrogen (secondary N) is 1. The maximum atomic E-state index is 5.86. The van der Waals surface area contributed by atoms with Crippen LogP contribution in [0, 0.1) is 0 Å². The van der Waals surface area contributed by atoms with Crippen molar-refractivity contribution in [3.63, 3.8) is 0 Å². The summed E-state index contributed by atoms with van der Waals surface area (Å²) >= 11 is 7.75. The van der Waals surface area contributed by atoms with Crippen molar-refractivity contribution in [1.29, 1.82) is 0 Å². The third-order valence-corrected chi connectivity index (χ3v) is 4.39. The molecule has 0 radical (unpaired) electrons. The van der Waals surface area contributed by atoms with Crippen molar-refractivity contribution < 1.29 is 0 Å². The van der Waals surface area contributed by atoms with Crippen molar-refractivity contribution in [2.24, 2.45) is 0 Å². The summed E-state index contributed by atoms with van der Waals surface area (Å²) in [5, 5.41) is 3.46. The van der Waals surface area contributed by atoms with Crippen LogP contribution in [-0.2, 0) is 0 Å². The van der Waals surface area contributed by atoms with Gasteiger partial charge in [-0.25, -0.2) is 0 Å². The van der Waals surface area contributed by atoms with Gasteiger partial charge in [0.15, 0.2) is 0 Å². The fraction of sp³-hybridized carbons (Fsp3) is 0.700. The van der Waals surface area contributed by atoms with Crippen molar-refractivity contribution in [1.82, 2.24) is 15.0 Å². The van der Waals surface area contributed by atoms with E-state index < -0.39 is 0 Å². The minimum Gasteiger partial charge on any atom is -0.353 e. The smallest absolute Gasteiger partial charge is 0.230 e. The first-order chi connectivity index (χ1) is 8.04. The normalized spacial score (nSPS) is 16.7. The lowest BCUT2D eigenvalue weighted by Crippen LogP contribution is -2.20. The zero-order valence-electron chi connectivity index (χ0n) is 10.2. The molecular formula is C10H16ClN5S. The van der Waals surface area contributed by atoms with E-state index in [-0.39, 0.29) is 5.28 Å². The molecule has 1 N–H and O–H groups in total. The Bertz CT molecular complexity index is 408. The molecule has 0 aliphatic heterocycles. The molecule has 1 aromatic heterocycles. The fourth-order valence-electron chi connectivity index (χ4n) is 1.45. The van der Waals surface area contributed by atoms with E-state index in [1.165, 1.54) is 12.8 Å². The minimum atomic E-state index is 0.222. The third kappa shape index (κ3) is 3.13. The summed E-state index contributed by atoms with van der Waals surface area (Å²) in [5.41, 5.74) is 0. The third-order valence-electron chi connectivity index (χ3n) is 2.81. The second kappa shape index (κ2) is 4.86. The Balaban J connectivity index is 2.05. The van der Waals surface area contributed by atoms with Gasteiger partial charge >= 0.3 is 0 Å². The molecule has 2 rings (SSSR count). The van der Waals surface area contributed by atoms with Crippen molar-refractivity contribution in [3.8, 4) is 0 Å². The second-order valence-corrected chi connectivity index (χ2v) is 5.98. The molecule has 0 unspecified atom stereocenters. The highest BCUT2D eigenvalue weighted by molar-refractivity contribution is 8.00. The predicted molar refractivity (Wildman–Crippen MR) is 73.1 cm³/mol. The zero-order chi connectivity index (χ0) is 12.5. The molecule has 0 atom stereocenters. The zero-order valence-corrected chi connectivity index (χ0v) is 11.8. The van der Waals surface area contributed by atoms with Gasteiger partial charge in [0.25, 0.3) is 0 Å². The molecular weight excluding hydrogens is 258 g/mol. The average Bonchev–Trinajstić information content (AvgIpc) is 3.06. The molecule has 0 saturated heterocycles. The largest absolute Gasteiger partial charge is 0.353 e. The second-order valence-electron chi connectivity index (χ2n) is 4.36. The Kier molecular flexibility index (Phi) is 3.63. The molecule has 94 valence electrons. The van der Waals surface area contributed by atoms with E-state index >= 15 is 0 Å². The van der Waals surface area contributed by atoms with E-state index in [0.717, 1.165) is 6.54 Å². The Labute approximate surface area is 110 Å². The van der Waals surface area contributed by atoms with Crippen molar-refractivity contribution in [2.75, 3.05) is 37.1 Å². The van der Waals surface area contributed by atoms with Crippen LogP contribution in [0.4, 0.5) is 11.9 Å². The van der Waals surface area contributed by atoms with Crippen LogP contribution in [0.25, 0.3) is 0 Å². The van der Waals surface area contributed by atoms with Crippen LogP contribution in [-0.4, -0.2) is 46.6 Å². The number of halogens is 1. The quantitative estimate of drug-likeness (QED) is 0.884. The molecule has 0 aromatic carbocycles. The molecule has 0 amide bonds. The molecule has 1 aliphatic rings. The molecule has 0 bridgehead atoms. The van der Waals surface area contributed by atoms with Gasteiger partial charge in [0.05, 0.1) is 0 Å². The Hall–Kier alpha value is -0.750. The maximum Gasteiger partial charge on any atom is 0.230 e. The lowest BCUT2D eigenvalue weighted by atomic mass is 10.4. The molecule has 17 heavy (non-hydrogen) atoms. The summed E-state index contributed by atoms with van der Waals surface area (Å²) in [7, 11) is 3.75. The lowest BCUT2D eigenvalue weighted by molar-refractivity contribution is 0.901. The summed E-state index contributed by atoms with van der Waals surface area (Å²) in [5.74, 6) is 1.12. The first-order valence-corrected chi connectivity index (χ1v) is 7.03. The van der Waals surface area contributed by atoms with Gasteiger partial charge < -0.3 is 10.2 Å². The molecule has 1 heterocycles. The van der Waals surface area contributed by atoms with Crippen LogP contribution in [0.1, 0.15) is 12.8 Å². The van der Waals surface area contributed by atoms with Crippen LogP contribution in [0.5, 0.6) is 0 Å². The number of hydrogen-bond acceptors (Lipinski definition) is 6. The topological polar surface area (TPSA) is 53.9 Å². The van der Waals surface area contributed by atoms with E-state index in [0.29, 0.717) is 16.6 Å². The number of nitrogens with zero attached hydrogens (tertiary/aromatic N) is 4. The van der Waals surface area contributed by atoms with E-state index in [1.807, 2.05) is 25.9 Å². The Morgan fingerprint density at radius 3 is 2.59 bits per heavy atom. The molecule has 1 aromatic rings. The van der Waals surface area contributed by atoms with Gasteiger partial charge in [-0.3, -0.25) is 0 Å². The van der Waals surface area contributed by atoms with Crippen LogP contribution in [0.3, 0.4) is 0 Å². The summed E-state index contributed by atoms with van der Waals surface area (Å²) in [4.78, 5) is 14.2. The van der Waals surface area contributed by atoms with Gasteiger partial charge in [0.2, 0.25) is 17.2 Å². The van der Waals surface area contributed by atoms with Crippen molar-refractivity contribution in [3.05, 3.63) is 5.28 Å². The van der Waals surface area contributed by atoms with Gasteiger partial charge in [-0.2, -0.15) is 26.7 Å². The van der Waals surface area contributed by atoms with E-state index in [4.69, 9.17) is 11.6 Å². The highest BCUT2D eigenvalue weighted by Gasteiger charge is 2.41. The summed E-state index contributed by atoms with van der Waals surface area (Å²) in [6, 6.07) is 0. The number of aromatic nitrogens is 3. The van der Waals surface area contributed by atoms with Gasteiger partial charge in [0.1, 0.15) is 0 Å². The molecule has 1 fully saturated rings. The van der Waals surface area contributed by atoms with E-state index in [2.05, 4.69) is 26.5 Å². The van der Waals surface area contributed by atoms with E-state index in [1.54, 1.807) is 4.90 Å². The first-order valence-electron chi connectivity index (χ1n) is 5.43. The molecule has 0 spiro atoms. The van der Waals surface area contributed by atoms with Crippen molar-refractivity contribution in [2.45, 2.75) is 17.6 Å². The van der Waals surface area contributed by atoms with Gasteiger partial charge in [0, 0.05) is 25.4 Å². The minimum absolute atomic E-state index is 0.222. The van der Waals surface area contributed by atoms with Crippen LogP contribution >= 0.6 is 23.4 Å². The molecule has 1 aliphatic carbocycles. The van der Waals surface area contributed by atoms with Gasteiger partial charge in [-0.1, -0.05) is 0 Å². The standard InChI is InChI=1S/C10H16ClN5S/c1-16(2)9-14-7(11)13-8(15-9)12-6-10(17-3)4-5-10/h4-6H2,1-3H3,(H,12,13,14,15). The monoisotopic (exact) mass is 273 g/mol. The molecule has 1 saturated carbocycles. The summed E-state index contributed by atoms with van der Waals surface area (Å²) in [6.07, 6.45) is 4.64. The first kappa shape index (κ1) is 12.7. The van der Waals surface area contributed by atoms with Crippen LogP contribution in [0.2, 0.25) is 5.28 Å². The number of anilines is 2.